The van der Waals surface area contributed by atoms with E-state index in [2.05, 4.69) is 51.0 Å². The summed E-state index contributed by atoms with van der Waals surface area (Å²) in [5.41, 5.74) is 1.01. The Bertz CT molecular complexity index is 1130. The third-order valence-corrected chi connectivity index (χ3v) is 7.60. The number of dihydropyridines is 1. The van der Waals surface area contributed by atoms with E-state index in [1.807, 2.05) is 25.1 Å². The van der Waals surface area contributed by atoms with Crippen molar-refractivity contribution in [3.63, 3.8) is 0 Å². The zero-order valence-electron chi connectivity index (χ0n) is 22.6. The van der Waals surface area contributed by atoms with E-state index >= 15 is 0 Å². The lowest BCUT2D eigenvalue weighted by molar-refractivity contribution is -0.127. The third kappa shape index (κ3) is 5.87. The predicted octanol–water partition coefficient (Wildman–Crippen LogP) is 4.15. The molecule has 1 saturated heterocycles. The number of halogens is 2. The minimum atomic E-state index is -3.32. The van der Waals surface area contributed by atoms with Gasteiger partial charge in [-0.15, -0.1) is 0 Å². The summed E-state index contributed by atoms with van der Waals surface area (Å²) in [7, 11) is 3.71. The van der Waals surface area contributed by atoms with Gasteiger partial charge in [-0.3, -0.25) is 9.98 Å². The zero-order valence-corrected chi connectivity index (χ0v) is 22.6. The fourth-order valence-corrected chi connectivity index (χ4v) is 5.03. The number of rotatable bonds is 8. The number of benzene rings is 1. The van der Waals surface area contributed by atoms with Gasteiger partial charge >= 0.3 is 0 Å². The van der Waals surface area contributed by atoms with Crippen LogP contribution in [0, 0.1) is 0 Å². The minimum absolute atomic E-state index is 0.0352. The van der Waals surface area contributed by atoms with Gasteiger partial charge in [0, 0.05) is 69.8 Å². The highest BCUT2D eigenvalue weighted by atomic mass is 19.3. The normalized spacial score (nSPS) is 26.0. The van der Waals surface area contributed by atoms with Crippen LogP contribution in [0.15, 0.2) is 62.7 Å². The Morgan fingerprint density at radius 3 is 2.58 bits per heavy atom. The molecule has 1 aromatic rings. The molecule has 1 saturated carbocycles. The molecule has 0 radical (unpaired) electrons. The van der Waals surface area contributed by atoms with Crippen LogP contribution in [-0.4, -0.2) is 92.4 Å². The van der Waals surface area contributed by atoms with Crippen molar-refractivity contribution in [2.75, 3.05) is 50.6 Å². The molecule has 3 aliphatic rings. The number of hydrogen-bond donors (Lipinski definition) is 2. The number of fused-ring (bicyclic) bond motifs is 1. The fourth-order valence-electron chi connectivity index (χ4n) is 5.03. The van der Waals surface area contributed by atoms with Gasteiger partial charge in [0.2, 0.25) is 0 Å². The quantitative estimate of drug-likeness (QED) is 0.391. The van der Waals surface area contributed by atoms with Gasteiger partial charge in [0.05, 0.1) is 11.8 Å². The molecule has 0 spiro atoms. The maximum absolute atomic E-state index is 14.4. The van der Waals surface area contributed by atoms with Gasteiger partial charge in [-0.05, 0) is 63.4 Å². The smallest absolute Gasteiger partial charge is 0.279 e. The van der Waals surface area contributed by atoms with Crippen molar-refractivity contribution in [2.45, 2.75) is 56.9 Å². The molecule has 38 heavy (non-hydrogen) atoms. The first-order chi connectivity index (χ1) is 18.1. The van der Waals surface area contributed by atoms with Crippen molar-refractivity contribution in [2.24, 2.45) is 15.0 Å². The summed E-state index contributed by atoms with van der Waals surface area (Å²) in [5, 5.41) is 14.2. The van der Waals surface area contributed by atoms with Crippen molar-refractivity contribution in [3.8, 4) is 0 Å². The summed E-state index contributed by atoms with van der Waals surface area (Å²) in [6, 6.07) is 8.10. The Balaban J connectivity index is 1.64. The zero-order chi connectivity index (χ0) is 27.5. The molecule has 3 unspecified atom stereocenters. The maximum Gasteiger partial charge on any atom is 0.279 e. The van der Waals surface area contributed by atoms with Gasteiger partial charge in [0.15, 0.2) is 5.60 Å². The van der Waals surface area contributed by atoms with Gasteiger partial charge in [0.1, 0.15) is 12.0 Å². The fraction of sp³-hybridized carbons (Fsp3) is 0.536. The molecule has 2 fully saturated rings. The Morgan fingerprint density at radius 1 is 1.29 bits per heavy atom. The van der Waals surface area contributed by atoms with Crippen LogP contribution < -0.4 is 10.2 Å². The van der Waals surface area contributed by atoms with Crippen LogP contribution in [0.25, 0.3) is 0 Å². The van der Waals surface area contributed by atoms with Crippen LogP contribution in [0.4, 0.5) is 20.2 Å². The number of aliphatic hydroxyl groups is 1. The van der Waals surface area contributed by atoms with Gasteiger partial charge < -0.3 is 25.0 Å². The molecule has 1 aromatic carbocycles. The van der Waals surface area contributed by atoms with E-state index in [0.717, 1.165) is 44.5 Å². The Hall–Kier alpha value is -2.95. The summed E-state index contributed by atoms with van der Waals surface area (Å²) in [6.45, 7) is 10.2. The van der Waals surface area contributed by atoms with Crippen LogP contribution in [0.1, 0.15) is 33.1 Å². The SMILES string of the molecule is C=N/C=C(\C(=N\C1CC=C2CCC(O)(C(C)(F)F)C2=N1)Nc1ccc(N2CCN(C)CC2)cc1)C(C)OC. The summed E-state index contributed by atoms with van der Waals surface area (Å²) in [6.07, 6.45) is 3.11. The molecule has 10 heteroatoms. The highest BCUT2D eigenvalue weighted by Gasteiger charge is 2.57. The number of nitrogens with one attached hydrogen (secondary N) is 1. The second-order valence-corrected chi connectivity index (χ2v) is 10.3. The summed E-state index contributed by atoms with van der Waals surface area (Å²) in [5.74, 6) is -2.86. The molecule has 2 aliphatic heterocycles. The third-order valence-electron chi connectivity index (χ3n) is 7.60. The molecule has 2 N–H and O–H groups in total. The van der Waals surface area contributed by atoms with Crippen molar-refractivity contribution in [1.29, 1.82) is 0 Å². The molecular weight excluding hydrogens is 490 g/mol. The van der Waals surface area contributed by atoms with Crippen LogP contribution in [-0.2, 0) is 4.74 Å². The predicted molar refractivity (Wildman–Crippen MR) is 150 cm³/mol. The maximum atomic E-state index is 14.4. The number of hydrogen-bond acceptors (Lipinski definition) is 7. The lowest BCUT2D eigenvalue weighted by Gasteiger charge is -2.34. The van der Waals surface area contributed by atoms with Crippen molar-refractivity contribution in [1.82, 2.24) is 4.90 Å². The molecular formula is C28H38F2N6O2. The van der Waals surface area contributed by atoms with E-state index in [0.29, 0.717) is 29.8 Å². The number of aliphatic imine (C=N–C) groups is 3. The van der Waals surface area contributed by atoms with Gasteiger partial charge in [-0.1, -0.05) is 6.08 Å². The first kappa shape index (κ1) is 28.1. The Morgan fingerprint density at radius 2 is 1.97 bits per heavy atom. The number of anilines is 2. The van der Waals surface area contributed by atoms with E-state index in [-0.39, 0.29) is 18.2 Å². The minimum Gasteiger partial charge on any atom is -0.377 e. The molecule has 8 nitrogen and oxygen atoms in total. The lowest BCUT2D eigenvalue weighted by atomic mass is 9.91. The molecule has 0 aromatic heterocycles. The molecule has 4 rings (SSSR count). The second kappa shape index (κ2) is 11.4. The molecule has 2 heterocycles. The summed E-state index contributed by atoms with van der Waals surface area (Å²) < 4.78 is 34.3. The van der Waals surface area contributed by atoms with E-state index in [9.17, 15) is 13.9 Å². The highest BCUT2D eigenvalue weighted by Crippen LogP contribution is 2.44. The lowest BCUT2D eigenvalue weighted by Crippen LogP contribution is -2.50. The first-order valence-corrected chi connectivity index (χ1v) is 13.0. The molecule has 1 aliphatic carbocycles. The van der Waals surface area contributed by atoms with Crippen molar-refractivity contribution >= 4 is 29.6 Å². The van der Waals surface area contributed by atoms with Gasteiger partial charge in [-0.25, -0.2) is 13.8 Å². The second-order valence-electron chi connectivity index (χ2n) is 10.3. The molecule has 0 amide bonds. The van der Waals surface area contributed by atoms with Gasteiger partial charge in [0.25, 0.3) is 5.92 Å². The largest absolute Gasteiger partial charge is 0.377 e. The van der Waals surface area contributed by atoms with E-state index in [1.54, 1.807) is 13.3 Å². The summed E-state index contributed by atoms with van der Waals surface area (Å²) >= 11 is 0. The van der Waals surface area contributed by atoms with Crippen LogP contribution in [0.3, 0.4) is 0 Å². The number of likely N-dealkylation sites (N-methyl/N-ethyl adjacent to an activating group) is 1. The van der Waals surface area contributed by atoms with Crippen molar-refractivity contribution in [3.05, 3.63) is 47.7 Å². The van der Waals surface area contributed by atoms with Crippen LogP contribution >= 0.6 is 0 Å². The standard InChI is InChI=1S/C28H38F2N6O2/c1-19(38-5)23(18-31-3)26(32-21-7-9-22(10-8-21)36-16-14-35(4)15-17-36)34-24-11-6-20-12-13-28(37,25(20)33-24)27(2,29)30/h6-10,18-19,24,37H,3,11-17H2,1-2,4-5H3,(H,32,34)/b23-18-. The first-order valence-electron chi connectivity index (χ1n) is 13.0. The topological polar surface area (TPSA) is 85.0 Å². The number of alkyl halides is 2. The number of ether oxygens (including phenoxy) is 1. The summed E-state index contributed by atoms with van der Waals surface area (Å²) in [4.78, 5) is 17.9. The average molecular weight is 529 g/mol. The monoisotopic (exact) mass is 528 g/mol. The Kier molecular flexibility index (Phi) is 8.44. The molecule has 0 bridgehead atoms. The van der Waals surface area contributed by atoms with E-state index in [4.69, 9.17) is 9.73 Å². The van der Waals surface area contributed by atoms with E-state index < -0.39 is 17.7 Å². The molecule has 3 atom stereocenters. The van der Waals surface area contributed by atoms with E-state index in [1.165, 1.54) is 0 Å². The van der Waals surface area contributed by atoms with Crippen LogP contribution in [0.2, 0.25) is 0 Å². The number of piperazine rings is 1. The van der Waals surface area contributed by atoms with Gasteiger partial charge in [-0.2, -0.15) is 0 Å². The average Bonchev–Trinajstić information content (AvgIpc) is 3.25. The van der Waals surface area contributed by atoms with Crippen molar-refractivity contribution < 1.29 is 18.6 Å². The number of amidine groups is 1. The van der Waals surface area contributed by atoms with Crippen LogP contribution in [0.5, 0.6) is 0 Å². The highest BCUT2D eigenvalue weighted by molar-refractivity contribution is 6.11. The number of nitrogens with zero attached hydrogens (tertiary/aromatic N) is 5. The Labute approximate surface area is 223 Å². The number of methoxy groups -OCH3 is 1. The molecule has 206 valence electrons.